The van der Waals surface area contributed by atoms with E-state index in [1.54, 1.807) is 16.7 Å². The lowest BCUT2D eigenvalue weighted by Gasteiger charge is -2.32. The molecule has 1 atom stereocenters. The Labute approximate surface area is 171 Å². The molecule has 5 nitrogen and oxygen atoms in total. The van der Waals surface area contributed by atoms with Crippen molar-refractivity contribution >= 4 is 23.4 Å². The second-order valence-electron chi connectivity index (χ2n) is 7.20. The molecular weight excluding hydrogens is 370 g/mol. The van der Waals surface area contributed by atoms with Crippen molar-refractivity contribution in [2.45, 2.75) is 23.5 Å². The van der Waals surface area contributed by atoms with Crippen LogP contribution >= 0.6 is 11.8 Å². The highest BCUT2D eigenvalue weighted by atomic mass is 32.2. The number of fused-ring (bicyclic) bond motifs is 1. The number of para-hydroxylation sites is 1. The second-order valence-corrected chi connectivity index (χ2v) is 8.35. The highest BCUT2D eigenvalue weighted by Crippen LogP contribution is 2.48. The average molecular weight is 400 g/mol. The number of ether oxygens (including phenoxy) is 1. The van der Waals surface area contributed by atoms with Crippen molar-refractivity contribution in [2.75, 3.05) is 45.2 Å². The van der Waals surface area contributed by atoms with Gasteiger partial charge in [0.2, 0.25) is 5.91 Å². The average Bonchev–Trinajstić information content (AvgIpc) is 2.69. The molecule has 6 heteroatoms. The lowest BCUT2D eigenvalue weighted by atomic mass is 10.1. The van der Waals surface area contributed by atoms with Gasteiger partial charge in [0.15, 0.2) is 0 Å². The van der Waals surface area contributed by atoms with E-state index in [1.165, 1.54) is 0 Å². The maximum atomic E-state index is 13.1. The van der Waals surface area contributed by atoms with Crippen molar-refractivity contribution in [2.24, 2.45) is 5.73 Å². The molecule has 1 amide bonds. The fourth-order valence-electron chi connectivity index (χ4n) is 3.36. The molecule has 2 N–H and O–H groups in total. The van der Waals surface area contributed by atoms with Crippen molar-refractivity contribution < 1.29 is 9.53 Å². The third-order valence-electron chi connectivity index (χ3n) is 4.93. The Bertz CT molecular complexity index is 827. The quantitative estimate of drug-likeness (QED) is 0.689. The number of carbonyl (C=O) groups is 1. The van der Waals surface area contributed by atoms with Gasteiger partial charge >= 0.3 is 0 Å². The Kier molecular flexibility index (Phi) is 6.99. The van der Waals surface area contributed by atoms with Crippen molar-refractivity contribution in [1.82, 2.24) is 4.90 Å². The van der Waals surface area contributed by atoms with Gasteiger partial charge in [-0.2, -0.15) is 0 Å². The summed E-state index contributed by atoms with van der Waals surface area (Å²) in [5, 5.41) is -0.297. The van der Waals surface area contributed by atoms with E-state index in [0.29, 0.717) is 13.2 Å². The van der Waals surface area contributed by atoms with Crippen LogP contribution in [0.5, 0.6) is 5.75 Å². The van der Waals surface area contributed by atoms with Crippen molar-refractivity contribution in [3.63, 3.8) is 0 Å². The summed E-state index contributed by atoms with van der Waals surface area (Å²) in [6.07, 6.45) is 0.915. The summed E-state index contributed by atoms with van der Waals surface area (Å²) in [5.74, 6) is 0.882. The highest BCUT2D eigenvalue weighted by Gasteiger charge is 2.34. The van der Waals surface area contributed by atoms with Crippen LogP contribution in [-0.4, -0.2) is 51.1 Å². The summed E-state index contributed by atoms with van der Waals surface area (Å²) in [6.45, 7) is 5.14. The summed E-state index contributed by atoms with van der Waals surface area (Å²) in [6, 6.07) is 14.1. The molecule has 1 heterocycles. The van der Waals surface area contributed by atoms with Gasteiger partial charge in [-0.25, -0.2) is 0 Å². The molecule has 0 bridgehead atoms. The zero-order chi connectivity index (χ0) is 20.1. The molecule has 1 aliphatic rings. The first-order valence-corrected chi connectivity index (χ1v) is 10.5. The van der Waals surface area contributed by atoms with E-state index in [1.807, 2.05) is 44.3 Å². The topological polar surface area (TPSA) is 58.8 Å². The van der Waals surface area contributed by atoms with E-state index in [4.69, 9.17) is 10.5 Å². The lowest BCUT2D eigenvalue weighted by molar-refractivity contribution is -0.118. The van der Waals surface area contributed by atoms with Crippen LogP contribution in [0.3, 0.4) is 0 Å². The fraction of sp³-hybridized carbons (Fsp3) is 0.409. The van der Waals surface area contributed by atoms with Gasteiger partial charge in [-0.3, -0.25) is 4.79 Å². The predicted molar refractivity (Wildman–Crippen MR) is 116 cm³/mol. The third-order valence-corrected chi connectivity index (χ3v) is 6.22. The van der Waals surface area contributed by atoms with Gasteiger partial charge < -0.3 is 20.3 Å². The number of hydrogen-bond acceptors (Lipinski definition) is 5. The number of thioether (sulfide) groups is 1. The summed E-state index contributed by atoms with van der Waals surface area (Å²) < 4.78 is 6.10. The molecule has 2 aromatic carbocycles. The Morgan fingerprint density at radius 3 is 2.79 bits per heavy atom. The number of nitrogens with two attached hydrogens (primary N) is 1. The maximum Gasteiger partial charge on any atom is 0.244 e. The molecule has 0 aromatic heterocycles. The summed E-state index contributed by atoms with van der Waals surface area (Å²) >= 11 is 1.60. The molecule has 0 radical (unpaired) electrons. The minimum Gasteiger partial charge on any atom is -0.493 e. The minimum atomic E-state index is -0.297. The first kappa shape index (κ1) is 20.7. The first-order valence-electron chi connectivity index (χ1n) is 9.66. The number of likely N-dealkylation sites (N-methyl/N-ethyl adjacent to an activating group) is 2. The molecule has 0 saturated carbocycles. The smallest absolute Gasteiger partial charge is 0.244 e. The monoisotopic (exact) mass is 399 g/mol. The van der Waals surface area contributed by atoms with E-state index in [-0.39, 0.29) is 11.2 Å². The van der Waals surface area contributed by atoms with Crippen molar-refractivity contribution in [1.29, 1.82) is 0 Å². The van der Waals surface area contributed by atoms with E-state index in [0.717, 1.165) is 47.0 Å². The first-order chi connectivity index (χ1) is 13.5. The number of amides is 1. The molecule has 0 fully saturated rings. The standard InChI is InChI=1S/C22H29N3O2S/c1-16-9-10-19(27-14-6-12-24(2)13-11-23)17(15-16)21-22(26)25(3)18-7-4-5-8-20(18)28-21/h4-5,7-10,15,21H,6,11-14,23H2,1-3H3. The SMILES string of the molecule is Cc1ccc(OCCCN(C)CCN)c(C2Sc3ccccc3N(C)C2=O)c1. The number of carbonyl (C=O) groups excluding carboxylic acids is 1. The van der Waals surface area contributed by atoms with Gasteiger partial charge in [-0.1, -0.05) is 29.8 Å². The summed E-state index contributed by atoms with van der Waals surface area (Å²) in [4.78, 5) is 18.1. The van der Waals surface area contributed by atoms with Crippen LogP contribution in [0.2, 0.25) is 0 Å². The molecule has 0 spiro atoms. The van der Waals surface area contributed by atoms with E-state index in [9.17, 15) is 4.79 Å². The molecule has 1 aliphatic heterocycles. The predicted octanol–water partition coefficient (Wildman–Crippen LogP) is 3.46. The molecule has 28 heavy (non-hydrogen) atoms. The van der Waals surface area contributed by atoms with Crippen LogP contribution < -0.4 is 15.4 Å². The Morgan fingerprint density at radius 1 is 1.21 bits per heavy atom. The van der Waals surface area contributed by atoms with Gasteiger partial charge in [0.25, 0.3) is 0 Å². The van der Waals surface area contributed by atoms with Gasteiger partial charge in [-0.05, 0) is 38.6 Å². The molecule has 3 rings (SSSR count). The Hall–Kier alpha value is -2.02. The zero-order valence-corrected chi connectivity index (χ0v) is 17.7. The van der Waals surface area contributed by atoms with Gasteiger partial charge in [-0.15, -0.1) is 11.8 Å². The van der Waals surface area contributed by atoms with Crippen LogP contribution in [0.25, 0.3) is 0 Å². The van der Waals surface area contributed by atoms with E-state index < -0.39 is 0 Å². The van der Waals surface area contributed by atoms with E-state index >= 15 is 0 Å². The fourth-order valence-corrected chi connectivity index (χ4v) is 4.66. The Balaban J connectivity index is 1.76. The van der Waals surface area contributed by atoms with Gasteiger partial charge in [0.1, 0.15) is 11.0 Å². The normalized spacial score (nSPS) is 16.4. The number of anilines is 1. The largest absolute Gasteiger partial charge is 0.493 e. The second kappa shape index (κ2) is 9.45. The molecule has 0 saturated heterocycles. The van der Waals surface area contributed by atoms with Crippen LogP contribution in [0.15, 0.2) is 47.4 Å². The van der Waals surface area contributed by atoms with E-state index in [2.05, 4.69) is 24.1 Å². The molecule has 150 valence electrons. The highest BCUT2D eigenvalue weighted by molar-refractivity contribution is 8.00. The molecule has 1 unspecified atom stereocenters. The minimum absolute atomic E-state index is 0.0850. The van der Waals surface area contributed by atoms with Crippen molar-refractivity contribution in [3.05, 3.63) is 53.6 Å². The summed E-state index contributed by atoms with van der Waals surface area (Å²) in [7, 11) is 3.91. The van der Waals surface area contributed by atoms with Gasteiger partial charge in [0.05, 0.1) is 12.3 Å². The number of hydrogen-bond donors (Lipinski definition) is 1. The number of benzene rings is 2. The van der Waals surface area contributed by atoms with Crippen LogP contribution in [-0.2, 0) is 4.79 Å². The zero-order valence-electron chi connectivity index (χ0n) is 16.9. The van der Waals surface area contributed by atoms with Gasteiger partial charge in [0, 0.05) is 37.1 Å². The third kappa shape index (κ3) is 4.69. The van der Waals surface area contributed by atoms with Crippen molar-refractivity contribution in [3.8, 4) is 5.75 Å². The van der Waals surface area contributed by atoms with Crippen LogP contribution in [0, 0.1) is 6.92 Å². The maximum absolute atomic E-state index is 13.1. The lowest BCUT2D eigenvalue weighted by Crippen LogP contribution is -2.34. The number of rotatable bonds is 8. The molecule has 0 aliphatic carbocycles. The van der Waals surface area contributed by atoms with Crippen LogP contribution in [0.4, 0.5) is 5.69 Å². The number of nitrogens with zero attached hydrogens (tertiary/aromatic N) is 2. The Morgan fingerprint density at radius 2 is 2.00 bits per heavy atom. The molecular formula is C22H29N3O2S. The summed E-state index contributed by atoms with van der Waals surface area (Å²) in [5.41, 5.74) is 8.63. The number of aryl methyl sites for hydroxylation is 1. The molecule has 2 aromatic rings. The van der Waals surface area contributed by atoms with Crippen LogP contribution in [0.1, 0.15) is 22.8 Å².